The molecule has 3 heterocycles. The average Bonchev–Trinajstić information content (AvgIpc) is 3.39. The van der Waals surface area contributed by atoms with Gasteiger partial charge in [0.15, 0.2) is 22.2 Å². The molecule has 38 heavy (non-hydrogen) atoms. The van der Waals surface area contributed by atoms with Crippen LogP contribution in [0.25, 0.3) is 50.0 Å². The molecule has 0 bridgehead atoms. The lowest BCUT2D eigenvalue weighted by Crippen LogP contribution is -2.30. The summed E-state index contributed by atoms with van der Waals surface area (Å²) in [5.74, 6) is 1.89. The van der Waals surface area contributed by atoms with Crippen LogP contribution < -0.4 is 4.57 Å². The minimum atomic E-state index is 0.378. The number of nitrogens with zero attached hydrogens (tertiary/aromatic N) is 3. The van der Waals surface area contributed by atoms with Crippen LogP contribution in [0.2, 0.25) is 0 Å². The maximum atomic E-state index is 6.71. The van der Waals surface area contributed by atoms with Crippen LogP contribution >= 0.6 is 0 Å². The van der Waals surface area contributed by atoms with Crippen LogP contribution in [0.1, 0.15) is 67.6 Å². The topological polar surface area (TPSA) is 34.8 Å². The Labute approximate surface area is 224 Å². The molecule has 0 aliphatic carbocycles. The van der Waals surface area contributed by atoms with Gasteiger partial charge in [0, 0.05) is 27.6 Å². The van der Waals surface area contributed by atoms with E-state index in [4.69, 9.17) is 9.40 Å². The van der Waals surface area contributed by atoms with Gasteiger partial charge in [-0.25, -0.2) is 4.57 Å². The SMILES string of the molecule is Cc1cc2c(oc3c(-c4n(-c5c(C(C)C)cccc5C(C)C)c5ccccc5[n+]4C)c(C)ccc32)c(C)n1. The zero-order valence-corrected chi connectivity index (χ0v) is 23.7. The summed E-state index contributed by atoms with van der Waals surface area (Å²) in [5.41, 5.74) is 12.4. The van der Waals surface area contributed by atoms with Crippen molar-refractivity contribution in [3.05, 3.63) is 88.7 Å². The van der Waals surface area contributed by atoms with Gasteiger partial charge < -0.3 is 4.42 Å². The molecular formula is C34H36N3O+. The third-order valence-electron chi connectivity index (χ3n) is 7.93. The van der Waals surface area contributed by atoms with Crippen molar-refractivity contribution < 1.29 is 8.98 Å². The largest absolute Gasteiger partial charge is 0.453 e. The summed E-state index contributed by atoms with van der Waals surface area (Å²) in [7, 11) is 2.18. The van der Waals surface area contributed by atoms with Crippen molar-refractivity contribution in [3.63, 3.8) is 0 Å². The number of hydrogen-bond acceptors (Lipinski definition) is 2. The van der Waals surface area contributed by atoms with Gasteiger partial charge in [-0.1, -0.05) is 70.2 Å². The third-order valence-corrected chi connectivity index (χ3v) is 7.93. The number of aryl methyl sites for hydroxylation is 4. The maximum absolute atomic E-state index is 6.71. The van der Waals surface area contributed by atoms with Crippen molar-refractivity contribution in [3.8, 4) is 17.1 Å². The van der Waals surface area contributed by atoms with E-state index in [9.17, 15) is 0 Å². The van der Waals surface area contributed by atoms with Crippen molar-refractivity contribution in [2.75, 3.05) is 0 Å². The average molecular weight is 503 g/mol. The summed E-state index contributed by atoms with van der Waals surface area (Å²) in [6, 6.07) is 22.1. The minimum absolute atomic E-state index is 0.378. The Balaban J connectivity index is 1.84. The fourth-order valence-electron chi connectivity index (χ4n) is 6.12. The van der Waals surface area contributed by atoms with E-state index in [0.29, 0.717) is 11.8 Å². The van der Waals surface area contributed by atoms with Gasteiger partial charge >= 0.3 is 0 Å². The van der Waals surface area contributed by atoms with Gasteiger partial charge in [0.05, 0.1) is 12.7 Å². The Bertz CT molecular complexity index is 1840. The van der Waals surface area contributed by atoms with Crippen LogP contribution in [-0.4, -0.2) is 9.55 Å². The summed E-state index contributed by atoms with van der Waals surface area (Å²) >= 11 is 0. The van der Waals surface area contributed by atoms with Crippen LogP contribution in [0.15, 0.2) is 65.1 Å². The third kappa shape index (κ3) is 3.50. The van der Waals surface area contributed by atoms with E-state index in [1.54, 1.807) is 0 Å². The van der Waals surface area contributed by atoms with Gasteiger partial charge in [0.1, 0.15) is 11.3 Å². The van der Waals surface area contributed by atoms with E-state index >= 15 is 0 Å². The first-order chi connectivity index (χ1) is 18.2. The molecule has 0 unspecified atom stereocenters. The highest BCUT2D eigenvalue weighted by molar-refractivity contribution is 6.10. The van der Waals surface area contributed by atoms with Crippen molar-refractivity contribution >= 4 is 33.0 Å². The van der Waals surface area contributed by atoms with Gasteiger partial charge in [-0.05, 0) is 56.4 Å². The van der Waals surface area contributed by atoms with E-state index < -0.39 is 0 Å². The molecule has 4 heteroatoms. The molecule has 0 aliphatic rings. The first-order valence-electron chi connectivity index (χ1n) is 13.6. The Morgan fingerprint density at radius 3 is 2.16 bits per heavy atom. The smallest absolute Gasteiger partial charge is 0.299 e. The highest BCUT2D eigenvalue weighted by Gasteiger charge is 2.33. The summed E-state index contributed by atoms with van der Waals surface area (Å²) < 4.78 is 11.5. The molecule has 4 nitrogen and oxygen atoms in total. The number of imidazole rings is 1. The molecule has 3 aromatic heterocycles. The molecule has 0 radical (unpaired) electrons. The Kier molecular flexibility index (Phi) is 5.68. The number of fused-ring (bicyclic) bond motifs is 4. The first-order valence-corrected chi connectivity index (χ1v) is 13.6. The Hall–Kier alpha value is -3.92. The summed E-state index contributed by atoms with van der Waals surface area (Å²) in [4.78, 5) is 4.70. The number of furan rings is 1. The molecule has 0 saturated heterocycles. The highest BCUT2D eigenvalue weighted by atomic mass is 16.3. The zero-order chi connectivity index (χ0) is 26.9. The molecule has 0 atom stereocenters. The second kappa shape index (κ2) is 8.83. The molecule has 0 amide bonds. The monoisotopic (exact) mass is 502 g/mol. The summed E-state index contributed by atoms with van der Waals surface area (Å²) in [6.07, 6.45) is 0. The lowest BCUT2D eigenvalue weighted by molar-refractivity contribution is -0.633. The first kappa shape index (κ1) is 24.4. The predicted molar refractivity (Wildman–Crippen MR) is 157 cm³/mol. The number of rotatable bonds is 4. The minimum Gasteiger partial charge on any atom is -0.453 e. The molecule has 6 aromatic rings. The lowest BCUT2D eigenvalue weighted by atomic mass is 9.92. The van der Waals surface area contributed by atoms with E-state index in [1.165, 1.54) is 33.4 Å². The van der Waals surface area contributed by atoms with Crippen molar-refractivity contribution in [2.24, 2.45) is 7.05 Å². The van der Waals surface area contributed by atoms with Crippen LogP contribution in [0.3, 0.4) is 0 Å². The molecule has 0 spiro atoms. The molecule has 6 rings (SSSR count). The van der Waals surface area contributed by atoms with Crippen LogP contribution in [0, 0.1) is 20.8 Å². The molecule has 0 fully saturated rings. The predicted octanol–water partition coefficient (Wildman–Crippen LogP) is 8.59. The number of hydrogen-bond donors (Lipinski definition) is 0. The van der Waals surface area contributed by atoms with Gasteiger partial charge in [-0.15, -0.1) is 0 Å². The van der Waals surface area contributed by atoms with Crippen molar-refractivity contribution in [1.29, 1.82) is 0 Å². The second-order valence-corrected chi connectivity index (χ2v) is 11.3. The molecule has 192 valence electrons. The fraction of sp³-hybridized carbons (Fsp3) is 0.294. The molecule has 3 aromatic carbocycles. The second-order valence-electron chi connectivity index (χ2n) is 11.3. The van der Waals surface area contributed by atoms with Gasteiger partial charge in [-0.3, -0.25) is 4.98 Å². The summed E-state index contributed by atoms with van der Waals surface area (Å²) in [5, 5.41) is 2.26. The molecule has 0 saturated carbocycles. The van der Waals surface area contributed by atoms with Crippen LogP contribution in [0.5, 0.6) is 0 Å². The van der Waals surface area contributed by atoms with Crippen molar-refractivity contribution in [1.82, 2.24) is 9.55 Å². The normalized spacial score (nSPS) is 12.2. The highest BCUT2D eigenvalue weighted by Crippen LogP contribution is 2.42. The molecule has 0 N–H and O–H groups in total. The number of benzene rings is 3. The lowest BCUT2D eigenvalue weighted by Gasteiger charge is -2.18. The van der Waals surface area contributed by atoms with E-state index in [1.807, 2.05) is 6.92 Å². The quantitative estimate of drug-likeness (QED) is 0.226. The standard InChI is InChI=1S/C34H36N3O/c1-19(2)24-12-11-13-25(20(3)4)31(24)37-29-15-10-9-14-28(29)36(8)34(37)30-21(5)16-17-26-27-18-22(6)35-23(7)32(27)38-33(26)30/h9-20H,1-8H3/q+1. The van der Waals surface area contributed by atoms with Gasteiger partial charge in [-0.2, -0.15) is 4.57 Å². The van der Waals surface area contributed by atoms with Crippen LogP contribution in [0.4, 0.5) is 0 Å². The van der Waals surface area contributed by atoms with E-state index in [0.717, 1.165) is 44.7 Å². The van der Waals surface area contributed by atoms with Crippen molar-refractivity contribution in [2.45, 2.75) is 60.3 Å². The van der Waals surface area contributed by atoms with Crippen LogP contribution in [-0.2, 0) is 7.05 Å². The van der Waals surface area contributed by atoms with E-state index in [2.05, 4.69) is 118 Å². The maximum Gasteiger partial charge on any atom is 0.299 e. The molecule has 0 aliphatic heterocycles. The Morgan fingerprint density at radius 1 is 0.789 bits per heavy atom. The van der Waals surface area contributed by atoms with E-state index in [-0.39, 0.29) is 0 Å². The summed E-state index contributed by atoms with van der Waals surface area (Å²) in [6.45, 7) is 15.4. The Morgan fingerprint density at radius 2 is 1.47 bits per heavy atom. The number of aromatic nitrogens is 3. The number of pyridine rings is 1. The fourth-order valence-corrected chi connectivity index (χ4v) is 6.12. The zero-order valence-electron chi connectivity index (χ0n) is 23.7. The molecular weight excluding hydrogens is 466 g/mol. The van der Waals surface area contributed by atoms with Gasteiger partial charge in [0.2, 0.25) is 0 Å². The number of para-hydroxylation sites is 3. The van der Waals surface area contributed by atoms with Gasteiger partial charge in [0.25, 0.3) is 5.82 Å².